The van der Waals surface area contributed by atoms with Gasteiger partial charge < -0.3 is 4.42 Å². The third-order valence-corrected chi connectivity index (χ3v) is 7.60. The maximum atomic E-state index is 14.1. The third-order valence-electron chi connectivity index (χ3n) is 5.47. The second-order valence-corrected chi connectivity index (χ2v) is 9.80. The van der Waals surface area contributed by atoms with Crippen LogP contribution in [-0.2, 0) is 30.0 Å². The van der Waals surface area contributed by atoms with Gasteiger partial charge in [-0.1, -0.05) is 23.7 Å². The van der Waals surface area contributed by atoms with Crippen molar-refractivity contribution in [3.8, 4) is 23.0 Å². The number of aromatic nitrogens is 4. The molecule has 0 amide bonds. The molecular formula is C21H16ClF2N5O3S. The smallest absolute Gasteiger partial charge is 0.268 e. The predicted molar refractivity (Wildman–Crippen MR) is 115 cm³/mol. The van der Waals surface area contributed by atoms with Crippen molar-refractivity contribution in [1.82, 2.24) is 24.3 Å². The Balaban J connectivity index is 1.51. The number of benzene rings is 2. The molecule has 0 fully saturated rings. The van der Waals surface area contributed by atoms with Crippen molar-refractivity contribution in [2.75, 3.05) is 6.54 Å². The molecule has 0 radical (unpaired) electrons. The fraction of sp³-hybridized carbons (Fsp3) is 0.190. The first-order valence-electron chi connectivity index (χ1n) is 9.84. The second kappa shape index (κ2) is 8.01. The highest BCUT2D eigenvalue weighted by atomic mass is 35.5. The van der Waals surface area contributed by atoms with E-state index in [2.05, 4.69) is 15.3 Å². The quantitative estimate of drug-likeness (QED) is 0.431. The Bertz CT molecular complexity index is 1490. The van der Waals surface area contributed by atoms with Gasteiger partial charge in [-0.2, -0.15) is 9.40 Å². The van der Waals surface area contributed by atoms with Crippen LogP contribution >= 0.6 is 11.6 Å². The summed E-state index contributed by atoms with van der Waals surface area (Å²) in [6, 6.07) is 9.28. The molecule has 5 rings (SSSR count). The zero-order valence-electron chi connectivity index (χ0n) is 17.2. The van der Waals surface area contributed by atoms with Crippen LogP contribution in [0.2, 0.25) is 5.02 Å². The molecule has 0 spiro atoms. The lowest BCUT2D eigenvalue weighted by Crippen LogP contribution is -2.36. The lowest BCUT2D eigenvalue weighted by molar-refractivity contribution is 0.386. The molecule has 0 atom stereocenters. The van der Waals surface area contributed by atoms with Crippen molar-refractivity contribution in [2.45, 2.75) is 17.9 Å². The first kappa shape index (κ1) is 21.7. The summed E-state index contributed by atoms with van der Waals surface area (Å²) >= 11 is 5.79. The molecule has 1 aliphatic heterocycles. The van der Waals surface area contributed by atoms with Crippen LogP contribution in [0.25, 0.3) is 23.0 Å². The lowest BCUT2D eigenvalue weighted by Gasteiger charge is -2.26. The minimum atomic E-state index is -3.95. The van der Waals surface area contributed by atoms with Gasteiger partial charge in [0.15, 0.2) is 5.69 Å². The van der Waals surface area contributed by atoms with Gasteiger partial charge in [0.05, 0.1) is 15.5 Å². The van der Waals surface area contributed by atoms with Gasteiger partial charge in [0.1, 0.15) is 11.6 Å². The normalized spacial score (nSPS) is 14.4. The van der Waals surface area contributed by atoms with E-state index in [0.717, 1.165) is 17.8 Å². The molecule has 8 nitrogen and oxygen atoms in total. The van der Waals surface area contributed by atoms with E-state index in [-0.39, 0.29) is 40.4 Å². The van der Waals surface area contributed by atoms with Crippen molar-refractivity contribution in [1.29, 1.82) is 0 Å². The SMILES string of the molecule is Cn1nc(-c2nnc(-c3ccccc3F)o2)c2c1CCN(S(=O)(=O)c1ccc(F)c(Cl)c1)C2. The zero-order valence-corrected chi connectivity index (χ0v) is 18.7. The first-order chi connectivity index (χ1) is 15.8. The summed E-state index contributed by atoms with van der Waals surface area (Å²) in [6.45, 7) is 0.195. The summed E-state index contributed by atoms with van der Waals surface area (Å²) in [5.41, 5.74) is 1.89. The molecule has 4 aromatic rings. The van der Waals surface area contributed by atoms with Crippen LogP contribution in [0.15, 0.2) is 51.8 Å². The summed E-state index contributed by atoms with van der Waals surface area (Å²) in [4.78, 5) is -0.109. The van der Waals surface area contributed by atoms with E-state index >= 15 is 0 Å². The standard InChI is InChI=1S/C21H16ClF2N5O3S/c1-28-18-8-9-29(33(30,31)12-6-7-17(24)15(22)10-12)11-14(18)19(27-28)21-26-25-20(32-21)13-4-2-3-5-16(13)23/h2-7,10H,8-9,11H2,1H3. The molecule has 170 valence electrons. The summed E-state index contributed by atoms with van der Waals surface area (Å²) in [7, 11) is -2.21. The molecular weight excluding hydrogens is 476 g/mol. The largest absolute Gasteiger partial charge is 0.414 e. The van der Waals surface area contributed by atoms with Gasteiger partial charge in [-0.25, -0.2) is 17.2 Å². The molecule has 0 unspecified atom stereocenters. The summed E-state index contributed by atoms with van der Waals surface area (Å²) < 4.78 is 62.5. The molecule has 2 aromatic heterocycles. The maximum absolute atomic E-state index is 14.1. The number of aryl methyl sites for hydroxylation is 1. The minimum absolute atomic E-state index is 0.00670. The van der Waals surface area contributed by atoms with E-state index in [0.29, 0.717) is 17.7 Å². The van der Waals surface area contributed by atoms with Crippen molar-refractivity contribution in [3.05, 3.63) is 70.4 Å². The molecule has 0 N–H and O–H groups in total. The van der Waals surface area contributed by atoms with Gasteiger partial charge in [0.25, 0.3) is 11.8 Å². The van der Waals surface area contributed by atoms with E-state index in [4.69, 9.17) is 16.0 Å². The number of nitrogens with zero attached hydrogens (tertiary/aromatic N) is 5. The number of halogens is 3. The van der Waals surface area contributed by atoms with Crippen molar-refractivity contribution >= 4 is 21.6 Å². The minimum Gasteiger partial charge on any atom is -0.414 e. The number of hydrogen-bond acceptors (Lipinski definition) is 6. The van der Waals surface area contributed by atoms with E-state index in [1.54, 1.807) is 23.9 Å². The summed E-state index contributed by atoms with van der Waals surface area (Å²) in [6.07, 6.45) is 0.390. The Kier molecular flexibility index (Phi) is 5.26. The van der Waals surface area contributed by atoms with Gasteiger partial charge in [0.2, 0.25) is 10.0 Å². The fourth-order valence-corrected chi connectivity index (χ4v) is 5.47. The molecule has 2 aromatic carbocycles. The highest BCUT2D eigenvalue weighted by molar-refractivity contribution is 7.89. The predicted octanol–water partition coefficient (Wildman–Crippen LogP) is 3.82. The molecule has 12 heteroatoms. The van der Waals surface area contributed by atoms with E-state index in [9.17, 15) is 17.2 Å². The van der Waals surface area contributed by atoms with Crippen LogP contribution in [0.3, 0.4) is 0 Å². The third kappa shape index (κ3) is 3.71. The fourth-order valence-electron chi connectivity index (χ4n) is 3.79. The van der Waals surface area contributed by atoms with Gasteiger partial charge in [0, 0.05) is 37.8 Å². The zero-order chi connectivity index (χ0) is 23.3. The molecule has 3 heterocycles. The number of sulfonamides is 1. The Labute approximate surface area is 192 Å². The van der Waals surface area contributed by atoms with Crippen molar-refractivity contribution in [3.63, 3.8) is 0 Å². The van der Waals surface area contributed by atoms with Crippen LogP contribution in [0.4, 0.5) is 8.78 Å². The van der Waals surface area contributed by atoms with Crippen LogP contribution in [0.1, 0.15) is 11.3 Å². The van der Waals surface area contributed by atoms with Gasteiger partial charge >= 0.3 is 0 Å². The molecule has 33 heavy (non-hydrogen) atoms. The lowest BCUT2D eigenvalue weighted by atomic mass is 10.1. The Morgan fingerprint density at radius 3 is 2.58 bits per heavy atom. The first-order valence-corrected chi connectivity index (χ1v) is 11.7. The maximum Gasteiger partial charge on any atom is 0.268 e. The van der Waals surface area contributed by atoms with E-state index in [1.165, 1.54) is 22.5 Å². The van der Waals surface area contributed by atoms with E-state index in [1.807, 2.05) is 0 Å². The van der Waals surface area contributed by atoms with Gasteiger partial charge in [-0.3, -0.25) is 4.68 Å². The summed E-state index contributed by atoms with van der Waals surface area (Å²) in [5, 5.41) is 12.1. The Morgan fingerprint density at radius 2 is 1.82 bits per heavy atom. The highest BCUT2D eigenvalue weighted by Gasteiger charge is 2.34. The van der Waals surface area contributed by atoms with Gasteiger partial charge in [-0.05, 0) is 30.3 Å². The highest BCUT2D eigenvalue weighted by Crippen LogP contribution is 2.33. The molecule has 0 aliphatic carbocycles. The summed E-state index contributed by atoms with van der Waals surface area (Å²) in [5.74, 6) is -1.17. The van der Waals surface area contributed by atoms with Crippen LogP contribution in [0, 0.1) is 11.6 Å². The van der Waals surface area contributed by atoms with Crippen LogP contribution in [0.5, 0.6) is 0 Å². The molecule has 0 bridgehead atoms. The average Bonchev–Trinajstić information content (AvgIpc) is 3.40. The van der Waals surface area contributed by atoms with E-state index < -0.39 is 21.7 Å². The number of fused-ring (bicyclic) bond motifs is 1. The van der Waals surface area contributed by atoms with Crippen molar-refractivity contribution < 1.29 is 21.6 Å². The average molecular weight is 492 g/mol. The van der Waals surface area contributed by atoms with Crippen molar-refractivity contribution in [2.24, 2.45) is 7.05 Å². The molecule has 0 saturated carbocycles. The van der Waals surface area contributed by atoms with Crippen LogP contribution < -0.4 is 0 Å². The van der Waals surface area contributed by atoms with Gasteiger partial charge in [-0.15, -0.1) is 10.2 Å². The monoisotopic (exact) mass is 491 g/mol. The Hall–Kier alpha value is -3.15. The van der Waals surface area contributed by atoms with Crippen LogP contribution in [-0.4, -0.2) is 39.2 Å². The number of hydrogen-bond donors (Lipinski definition) is 0. The topological polar surface area (TPSA) is 94.1 Å². The number of rotatable bonds is 4. The molecule has 1 aliphatic rings. The Morgan fingerprint density at radius 1 is 1.06 bits per heavy atom. The molecule has 0 saturated heterocycles. The second-order valence-electron chi connectivity index (χ2n) is 7.45.